The molecule has 2 aromatic heterocycles. The van der Waals surface area contributed by atoms with Gasteiger partial charge in [0, 0.05) is 36.9 Å². The number of ether oxygens (including phenoxy) is 1. The van der Waals surface area contributed by atoms with Gasteiger partial charge in [0.05, 0.1) is 13.3 Å². The topological polar surface area (TPSA) is 32.0 Å². The second-order valence-corrected chi connectivity index (χ2v) is 4.71. The predicted molar refractivity (Wildman–Crippen MR) is 75.4 cm³/mol. The van der Waals surface area contributed by atoms with Gasteiger partial charge in [0.25, 0.3) is 0 Å². The van der Waals surface area contributed by atoms with Crippen LogP contribution in [0.1, 0.15) is 5.56 Å². The van der Waals surface area contributed by atoms with Crippen LogP contribution in [0.4, 0.5) is 0 Å². The van der Waals surface area contributed by atoms with Crippen molar-refractivity contribution in [2.24, 2.45) is 7.05 Å². The smallest absolute Gasteiger partial charge is 0.119 e. The molecule has 0 amide bonds. The Hall–Kier alpha value is -2.23. The van der Waals surface area contributed by atoms with Crippen molar-refractivity contribution in [1.29, 1.82) is 0 Å². The summed E-state index contributed by atoms with van der Waals surface area (Å²) in [6.45, 7) is 0.960. The number of nitrogens with zero attached hydrogens (tertiary/aromatic N) is 3. The second kappa shape index (κ2) is 4.80. The average Bonchev–Trinajstić information content (AvgIpc) is 3.02. The monoisotopic (exact) mass is 255 g/mol. The lowest BCUT2D eigenvalue weighted by Gasteiger charge is -2.05. The van der Waals surface area contributed by atoms with Gasteiger partial charge in [-0.15, -0.1) is 0 Å². The van der Waals surface area contributed by atoms with Gasteiger partial charge >= 0.3 is 0 Å². The summed E-state index contributed by atoms with van der Waals surface area (Å²) in [7, 11) is 3.64. The highest BCUT2D eigenvalue weighted by atomic mass is 16.5. The molecular weight excluding hydrogens is 238 g/mol. The largest absolute Gasteiger partial charge is 0.497 e. The highest BCUT2D eigenvalue weighted by Gasteiger charge is 2.03. The predicted octanol–water partition coefficient (Wildman–Crippen LogP) is 2.63. The van der Waals surface area contributed by atoms with Crippen LogP contribution in [0.25, 0.3) is 10.9 Å². The summed E-state index contributed by atoms with van der Waals surface area (Å²) in [5.41, 5.74) is 2.50. The number of methoxy groups -OCH3 is 1. The molecule has 19 heavy (non-hydrogen) atoms. The Morgan fingerprint density at radius 2 is 2.16 bits per heavy atom. The number of hydrogen-bond acceptors (Lipinski definition) is 2. The number of aryl methyl sites for hydroxylation is 3. The van der Waals surface area contributed by atoms with Crippen molar-refractivity contribution >= 4 is 10.9 Å². The van der Waals surface area contributed by atoms with E-state index < -0.39 is 0 Å². The molecule has 0 atom stereocenters. The normalized spacial score (nSPS) is 11.1. The molecule has 3 rings (SSSR count). The van der Waals surface area contributed by atoms with E-state index in [0.29, 0.717) is 0 Å². The maximum atomic E-state index is 5.24. The van der Waals surface area contributed by atoms with Crippen LogP contribution in [-0.4, -0.2) is 21.5 Å². The van der Waals surface area contributed by atoms with Crippen LogP contribution in [0.15, 0.2) is 42.9 Å². The molecule has 0 saturated heterocycles. The number of benzene rings is 1. The van der Waals surface area contributed by atoms with Gasteiger partial charge in [-0.05, 0) is 36.2 Å². The van der Waals surface area contributed by atoms with E-state index in [0.717, 1.165) is 18.7 Å². The summed E-state index contributed by atoms with van der Waals surface area (Å²) in [5.74, 6) is 0.900. The lowest BCUT2D eigenvalue weighted by molar-refractivity contribution is 0.415. The molecule has 0 spiro atoms. The average molecular weight is 255 g/mol. The first-order valence-corrected chi connectivity index (χ1v) is 6.36. The minimum atomic E-state index is 0.900. The van der Waals surface area contributed by atoms with E-state index in [9.17, 15) is 0 Å². The zero-order valence-electron chi connectivity index (χ0n) is 11.2. The van der Waals surface area contributed by atoms with E-state index in [4.69, 9.17) is 4.74 Å². The van der Waals surface area contributed by atoms with Gasteiger partial charge in [0.15, 0.2) is 0 Å². The Morgan fingerprint density at radius 3 is 2.89 bits per heavy atom. The Labute approximate surface area is 112 Å². The van der Waals surface area contributed by atoms with Crippen LogP contribution in [-0.2, 0) is 20.0 Å². The standard InChI is InChI=1S/C15H17N3O/c1-17-11-12(10-16-17)5-7-18-8-6-13-9-14(19-2)3-4-15(13)18/h3-4,6,8-11H,5,7H2,1-2H3. The van der Waals surface area contributed by atoms with Gasteiger partial charge in [-0.1, -0.05) is 0 Å². The third-order valence-corrected chi connectivity index (χ3v) is 3.38. The molecule has 0 bridgehead atoms. The molecule has 0 aliphatic carbocycles. The summed E-state index contributed by atoms with van der Waals surface area (Å²) in [6.07, 6.45) is 7.10. The molecule has 98 valence electrons. The Balaban J connectivity index is 1.81. The molecule has 0 saturated carbocycles. The fourth-order valence-electron chi connectivity index (χ4n) is 2.35. The highest BCUT2D eigenvalue weighted by Crippen LogP contribution is 2.22. The SMILES string of the molecule is COc1ccc2c(ccn2CCc2cnn(C)c2)c1. The van der Waals surface area contributed by atoms with Crippen LogP contribution < -0.4 is 4.74 Å². The molecule has 4 heteroatoms. The van der Waals surface area contributed by atoms with Gasteiger partial charge in [0.1, 0.15) is 5.75 Å². The van der Waals surface area contributed by atoms with Crippen molar-refractivity contribution in [1.82, 2.24) is 14.3 Å². The Kier molecular flexibility index (Phi) is 2.99. The molecule has 0 radical (unpaired) electrons. The molecule has 1 aromatic carbocycles. The maximum absolute atomic E-state index is 5.24. The Bertz CT molecular complexity index is 696. The third-order valence-electron chi connectivity index (χ3n) is 3.38. The molecule has 4 nitrogen and oxygen atoms in total. The lowest BCUT2D eigenvalue weighted by Crippen LogP contribution is -1.99. The quantitative estimate of drug-likeness (QED) is 0.717. The van der Waals surface area contributed by atoms with Gasteiger partial charge < -0.3 is 9.30 Å². The molecule has 0 aliphatic heterocycles. The zero-order valence-corrected chi connectivity index (χ0v) is 11.2. The summed E-state index contributed by atoms with van der Waals surface area (Å²) >= 11 is 0. The first kappa shape index (κ1) is 11.8. The molecular formula is C15H17N3O. The second-order valence-electron chi connectivity index (χ2n) is 4.71. The van der Waals surface area contributed by atoms with Crippen LogP contribution in [0, 0.1) is 0 Å². The van der Waals surface area contributed by atoms with Crippen LogP contribution in [0.3, 0.4) is 0 Å². The van der Waals surface area contributed by atoms with E-state index in [2.05, 4.69) is 40.3 Å². The molecule has 0 aliphatic rings. The van der Waals surface area contributed by atoms with E-state index in [1.807, 2.05) is 24.0 Å². The zero-order chi connectivity index (χ0) is 13.2. The van der Waals surface area contributed by atoms with Crippen molar-refractivity contribution < 1.29 is 4.74 Å². The van der Waals surface area contributed by atoms with E-state index >= 15 is 0 Å². The number of rotatable bonds is 4. The summed E-state index contributed by atoms with van der Waals surface area (Å²) in [6, 6.07) is 8.30. The van der Waals surface area contributed by atoms with Gasteiger partial charge in [-0.2, -0.15) is 5.10 Å². The number of fused-ring (bicyclic) bond motifs is 1. The lowest BCUT2D eigenvalue weighted by atomic mass is 10.2. The van der Waals surface area contributed by atoms with Crippen LogP contribution >= 0.6 is 0 Å². The highest BCUT2D eigenvalue weighted by molar-refractivity contribution is 5.81. The minimum Gasteiger partial charge on any atom is -0.497 e. The number of hydrogen-bond donors (Lipinski definition) is 0. The summed E-state index contributed by atoms with van der Waals surface area (Å²) < 4.78 is 9.35. The first-order chi connectivity index (χ1) is 9.26. The fourth-order valence-corrected chi connectivity index (χ4v) is 2.35. The fraction of sp³-hybridized carbons (Fsp3) is 0.267. The van der Waals surface area contributed by atoms with Gasteiger partial charge in [-0.3, -0.25) is 4.68 Å². The van der Waals surface area contributed by atoms with Crippen molar-refractivity contribution in [2.45, 2.75) is 13.0 Å². The molecule has 0 N–H and O–H groups in total. The van der Waals surface area contributed by atoms with Crippen molar-refractivity contribution in [3.8, 4) is 5.75 Å². The van der Waals surface area contributed by atoms with Crippen LogP contribution in [0.5, 0.6) is 5.75 Å². The molecule has 3 aromatic rings. The maximum Gasteiger partial charge on any atom is 0.119 e. The van der Waals surface area contributed by atoms with E-state index in [1.54, 1.807) is 7.11 Å². The molecule has 2 heterocycles. The minimum absolute atomic E-state index is 0.900. The third kappa shape index (κ3) is 2.34. The van der Waals surface area contributed by atoms with E-state index in [1.165, 1.54) is 16.5 Å². The summed E-state index contributed by atoms with van der Waals surface area (Å²) in [5, 5.41) is 5.41. The van der Waals surface area contributed by atoms with Crippen molar-refractivity contribution in [2.75, 3.05) is 7.11 Å². The van der Waals surface area contributed by atoms with Crippen LogP contribution in [0.2, 0.25) is 0 Å². The van der Waals surface area contributed by atoms with Crippen molar-refractivity contribution in [3.63, 3.8) is 0 Å². The van der Waals surface area contributed by atoms with E-state index in [-0.39, 0.29) is 0 Å². The summed E-state index contributed by atoms with van der Waals surface area (Å²) in [4.78, 5) is 0. The molecule has 0 fully saturated rings. The van der Waals surface area contributed by atoms with Gasteiger partial charge in [0.2, 0.25) is 0 Å². The van der Waals surface area contributed by atoms with Crippen molar-refractivity contribution in [3.05, 3.63) is 48.4 Å². The molecule has 0 unspecified atom stereocenters. The first-order valence-electron chi connectivity index (χ1n) is 6.36. The Morgan fingerprint density at radius 1 is 1.26 bits per heavy atom. The van der Waals surface area contributed by atoms with Gasteiger partial charge in [-0.25, -0.2) is 0 Å². The number of aromatic nitrogens is 3.